The van der Waals surface area contributed by atoms with Crippen LogP contribution in [-0.4, -0.2) is 30.8 Å². The number of halogens is 1. The van der Waals surface area contributed by atoms with Gasteiger partial charge in [-0.05, 0) is 25.5 Å². The summed E-state index contributed by atoms with van der Waals surface area (Å²) in [4.78, 5) is 12.3. The summed E-state index contributed by atoms with van der Waals surface area (Å²) >= 11 is 0. The Morgan fingerprint density at radius 1 is 1.41 bits per heavy atom. The lowest BCUT2D eigenvalue weighted by Crippen LogP contribution is -2.28. The van der Waals surface area contributed by atoms with Crippen LogP contribution in [0.15, 0.2) is 28.8 Å². The molecule has 1 heterocycles. The standard InChI is InChI=1S/C16H19FN2O3/c1-3-8-21-9-7-18-16(20)14-11(2)19-22-15(14)12-5-4-6-13(17)10-12/h4-6,10H,3,7-9H2,1-2H3,(H,18,20). The van der Waals surface area contributed by atoms with Gasteiger partial charge in [0.15, 0.2) is 5.76 Å². The van der Waals surface area contributed by atoms with Gasteiger partial charge in [0.1, 0.15) is 11.4 Å². The Morgan fingerprint density at radius 2 is 2.23 bits per heavy atom. The van der Waals surface area contributed by atoms with Crippen molar-refractivity contribution in [1.29, 1.82) is 0 Å². The summed E-state index contributed by atoms with van der Waals surface area (Å²) in [6.07, 6.45) is 0.933. The zero-order valence-corrected chi connectivity index (χ0v) is 12.7. The first-order valence-corrected chi connectivity index (χ1v) is 7.21. The molecule has 0 aliphatic carbocycles. The van der Waals surface area contributed by atoms with Gasteiger partial charge in [0.05, 0.1) is 12.3 Å². The molecule has 6 heteroatoms. The number of benzene rings is 1. The second-order valence-electron chi connectivity index (χ2n) is 4.85. The molecule has 22 heavy (non-hydrogen) atoms. The lowest BCUT2D eigenvalue weighted by Gasteiger charge is -2.06. The minimum Gasteiger partial charge on any atom is -0.380 e. The van der Waals surface area contributed by atoms with E-state index in [4.69, 9.17) is 9.26 Å². The molecule has 2 rings (SSSR count). The van der Waals surface area contributed by atoms with E-state index < -0.39 is 5.82 Å². The highest BCUT2D eigenvalue weighted by molar-refractivity contribution is 6.00. The molecule has 0 aliphatic heterocycles. The van der Waals surface area contributed by atoms with E-state index in [1.165, 1.54) is 12.1 Å². The van der Waals surface area contributed by atoms with Crippen molar-refractivity contribution in [2.75, 3.05) is 19.8 Å². The second-order valence-corrected chi connectivity index (χ2v) is 4.85. The largest absolute Gasteiger partial charge is 0.380 e. The number of aromatic nitrogens is 1. The van der Waals surface area contributed by atoms with Crippen LogP contribution in [0.5, 0.6) is 0 Å². The third kappa shape index (κ3) is 3.92. The molecule has 1 aromatic heterocycles. The van der Waals surface area contributed by atoms with Crippen LogP contribution < -0.4 is 5.32 Å². The zero-order valence-electron chi connectivity index (χ0n) is 12.7. The zero-order chi connectivity index (χ0) is 15.9. The van der Waals surface area contributed by atoms with Crippen molar-refractivity contribution in [3.63, 3.8) is 0 Å². The highest BCUT2D eigenvalue weighted by Crippen LogP contribution is 2.26. The summed E-state index contributed by atoms with van der Waals surface area (Å²) in [5, 5.41) is 6.56. The normalized spacial score (nSPS) is 10.7. The van der Waals surface area contributed by atoms with Crippen molar-refractivity contribution in [1.82, 2.24) is 10.5 Å². The first kappa shape index (κ1) is 16.2. The van der Waals surface area contributed by atoms with E-state index in [9.17, 15) is 9.18 Å². The molecular weight excluding hydrogens is 287 g/mol. The van der Waals surface area contributed by atoms with Crippen LogP contribution >= 0.6 is 0 Å². The highest BCUT2D eigenvalue weighted by atomic mass is 19.1. The molecule has 0 spiro atoms. The minimum atomic E-state index is -0.397. The fraction of sp³-hybridized carbons (Fsp3) is 0.375. The van der Waals surface area contributed by atoms with Crippen molar-refractivity contribution in [3.05, 3.63) is 41.3 Å². The van der Waals surface area contributed by atoms with Gasteiger partial charge in [-0.2, -0.15) is 0 Å². The number of rotatable bonds is 7. The van der Waals surface area contributed by atoms with Crippen LogP contribution in [0.4, 0.5) is 4.39 Å². The molecule has 1 aromatic carbocycles. The van der Waals surface area contributed by atoms with Crippen LogP contribution in [0.3, 0.4) is 0 Å². The topological polar surface area (TPSA) is 64.4 Å². The van der Waals surface area contributed by atoms with Gasteiger partial charge >= 0.3 is 0 Å². The number of ether oxygens (including phenoxy) is 1. The van der Waals surface area contributed by atoms with Crippen LogP contribution in [0.25, 0.3) is 11.3 Å². The van der Waals surface area contributed by atoms with E-state index in [-0.39, 0.29) is 11.7 Å². The molecule has 0 unspecified atom stereocenters. The Balaban J connectivity index is 2.10. The van der Waals surface area contributed by atoms with Crippen LogP contribution in [0.1, 0.15) is 29.4 Å². The monoisotopic (exact) mass is 306 g/mol. The van der Waals surface area contributed by atoms with E-state index >= 15 is 0 Å². The fourth-order valence-electron chi connectivity index (χ4n) is 2.04. The van der Waals surface area contributed by atoms with E-state index in [1.807, 2.05) is 6.92 Å². The minimum absolute atomic E-state index is 0.268. The van der Waals surface area contributed by atoms with E-state index in [1.54, 1.807) is 19.1 Å². The van der Waals surface area contributed by atoms with Crippen molar-refractivity contribution in [2.24, 2.45) is 0 Å². The van der Waals surface area contributed by atoms with Crippen molar-refractivity contribution >= 4 is 5.91 Å². The summed E-state index contributed by atoms with van der Waals surface area (Å²) in [5.74, 6) is -0.437. The Morgan fingerprint density at radius 3 is 2.95 bits per heavy atom. The summed E-state index contributed by atoms with van der Waals surface area (Å²) in [6.45, 7) is 5.20. The molecule has 0 radical (unpaired) electrons. The predicted molar refractivity (Wildman–Crippen MR) is 80.1 cm³/mol. The number of carbonyl (C=O) groups is 1. The summed E-state index contributed by atoms with van der Waals surface area (Å²) in [5.41, 5.74) is 1.26. The van der Waals surface area contributed by atoms with Crippen LogP contribution in [0, 0.1) is 12.7 Å². The van der Waals surface area contributed by atoms with Gasteiger partial charge in [0.2, 0.25) is 0 Å². The van der Waals surface area contributed by atoms with Crippen molar-refractivity contribution < 1.29 is 18.4 Å². The smallest absolute Gasteiger partial charge is 0.257 e. The number of hydrogen-bond acceptors (Lipinski definition) is 4. The average molecular weight is 306 g/mol. The van der Waals surface area contributed by atoms with Gasteiger partial charge in [-0.1, -0.05) is 24.2 Å². The van der Waals surface area contributed by atoms with Gasteiger partial charge in [0, 0.05) is 18.7 Å². The Hall–Kier alpha value is -2.21. The van der Waals surface area contributed by atoms with Crippen molar-refractivity contribution in [3.8, 4) is 11.3 Å². The molecule has 0 atom stereocenters. The van der Waals surface area contributed by atoms with Crippen molar-refractivity contribution in [2.45, 2.75) is 20.3 Å². The van der Waals surface area contributed by atoms with E-state index in [2.05, 4.69) is 10.5 Å². The summed E-state index contributed by atoms with van der Waals surface area (Å²) in [6, 6.07) is 5.87. The van der Waals surface area contributed by atoms with Crippen LogP contribution in [0.2, 0.25) is 0 Å². The SMILES string of the molecule is CCCOCCNC(=O)c1c(C)noc1-c1cccc(F)c1. The molecule has 1 amide bonds. The number of amides is 1. The Kier molecular flexibility index (Phi) is 5.66. The third-order valence-corrected chi connectivity index (χ3v) is 3.06. The van der Waals surface area contributed by atoms with E-state index in [0.717, 1.165) is 6.42 Å². The summed E-state index contributed by atoms with van der Waals surface area (Å²) < 4.78 is 23.8. The summed E-state index contributed by atoms with van der Waals surface area (Å²) in [7, 11) is 0. The van der Waals surface area contributed by atoms with Gasteiger partial charge in [0.25, 0.3) is 5.91 Å². The molecule has 0 bridgehead atoms. The second kappa shape index (κ2) is 7.70. The molecule has 5 nitrogen and oxygen atoms in total. The number of aryl methyl sites for hydroxylation is 1. The van der Waals surface area contributed by atoms with E-state index in [0.29, 0.717) is 36.6 Å². The van der Waals surface area contributed by atoms with Gasteiger partial charge < -0.3 is 14.6 Å². The molecule has 1 N–H and O–H groups in total. The van der Waals surface area contributed by atoms with Gasteiger partial charge in [-0.15, -0.1) is 0 Å². The highest BCUT2D eigenvalue weighted by Gasteiger charge is 2.21. The van der Waals surface area contributed by atoms with Gasteiger partial charge in [-0.25, -0.2) is 4.39 Å². The van der Waals surface area contributed by atoms with Crippen LogP contribution in [-0.2, 0) is 4.74 Å². The lowest BCUT2D eigenvalue weighted by atomic mass is 10.1. The molecule has 0 fully saturated rings. The molecule has 0 saturated heterocycles. The number of nitrogens with one attached hydrogen (secondary N) is 1. The maximum absolute atomic E-state index is 13.3. The maximum Gasteiger partial charge on any atom is 0.257 e. The predicted octanol–water partition coefficient (Wildman–Crippen LogP) is 2.95. The lowest BCUT2D eigenvalue weighted by molar-refractivity contribution is 0.0915. The number of hydrogen-bond donors (Lipinski definition) is 1. The first-order chi connectivity index (χ1) is 10.6. The molecule has 0 saturated carbocycles. The average Bonchev–Trinajstić information content (AvgIpc) is 2.89. The third-order valence-electron chi connectivity index (χ3n) is 3.06. The Bertz CT molecular complexity index is 640. The molecule has 2 aromatic rings. The maximum atomic E-state index is 13.3. The quantitative estimate of drug-likeness (QED) is 0.799. The van der Waals surface area contributed by atoms with Gasteiger partial charge in [-0.3, -0.25) is 4.79 Å². The number of carbonyl (C=O) groups excluding carboxylic acids is 1. The molecule has 0 aliphatic rings. The number of nitrogens with zero attached hydrogens (tertiary/aromatic N) is 1. The fourth-order valence-corrected chi connectivity index (χ4v) is 2.04. The Labute approximate surface area is 128 Å². The molecule has 118 valence electrons. The first-order valence-electron chi connectivity index (χ1n) is 7.21. The molecular formula is C16H19FN2O3.